The summed E-state index contributed by atoms with van der Waals surface area (Å²) in [6.07, 6.45) is 2.96. The van der Waals surface area contributed by atoms with Crippen LogP contribution < -0.4 is 5.32 Å². The number of anilines is 1. The first-order valence-corrected chi connectivity index (χ1v) is 6.63. The van der Waals surface area contributed by atoms with E-state index in [-0.39, 0.29) is 5.56 Å². The Labute approximate surface area is 104 Å². The number of hydrogen-bond acceptors (Lipinski definition) is 3. The molecule has 0 spiro atoms. The van der Waals surface area contributed by atoms with Gasteiger partial charge in [-0.2, -0.15) is 11.8 Å². The molecule has 2 N–H and O–H groups in total. The zero-order valence-electron chi connectivity index (χ0n) is 9.87. The molecule has 0 heterocycles. The molecule has 0 amide bonds. The van der Waals surface area contributed by atoms with E-state index in [1.54, 1.807) is 11.8 Å². The lowest BCUT2D eigenvalue weighted by Gasteiger charge is -2.12. The summed E-state index contributed by atoms with van der Waals surface area (Å²) in [5.74, 6) is -1.66. The predicted octanol–water partition coefficient (Wildman–Crippen LogP) is 3.08. The Kier molecular flexibility index (Phi) is 5.28. The van der Waals surface area contributed by atoms with Crippen LogP contribution in [-0.2, 0) is 0 Å². The van der Waals surface area contributed by atoms with Crippen molar-refractivity contribution < 1.29 is 14.3 Å². The van der Waals surface area contributed by atoms with E-state index >= 15 is 0 Å². The van der Waals surface area contributed by atoms with Gasteiger partial charge in [0.25, 0.3) is 0 Å². The fourth-order valence-corrected chi connectivity index (χ4v) is 1.73. The molecule has 0 aliphatic carbocycles. The van der Waals surface area contributed by atoms with E-state index < -0.39 is 11.8 Å². The number of benzene rings is 1. The van der Waals surface area contributed by atoms with Gasteiger partial charge >= 0.3 is 5.97 Å². The predicted molar refractivity (Wildman–Crippen MR) is 69.4 cm³/mol. The van der Waals surface area contributed by atoms with E-state index in [2.05, 4.69) is 12.2 Å². The molecular weight excluding hydrogens is 241 g/mol. The van der Waals surface area contributed by atoms with E-state index in [1.165, 1.54) is 12.1 Å². The molecule has 0 radical (unpaired) electrons. The van der Waals surface area contributed by atoms with Gasteiger partial charge in [-0.3, -0.25) is 0 Å². The first kappa shape index (κ1) is 13.8. The van der Waals surface area contributed by atoms with E-state index in [4.69, 9.17) is 5.11 Å². The van der Waals surface area contributed by atoms with Gasteiger partial charge in [-0.25, -0.2) is 9.18 Å². The Morgan fingerprint density at radius 3 is 2.88 bits per heavy atom. The van der Waals surface area contributed by atoms with Gasteiger partial charge in [-0.1, -0.05) is 6.92 Å². The molecule has 0 saturated carbocycles. The van der Waals surface area contributed by atoms with E-state index in [9.17, 15) is 9.18 Å². The molecule has 94 valence electrons. The maximum absolute atomic E-state index is 12.9. The molecule has 1 aromatic rings. The first-order valence-electron chi connectivity index (χ1n) is 5.34. The summed E-state index contributed by atoms with van der Waals surface area (Å²) in [5, 5.41) is 12.5. The Morgan fingerprint density at radius 1 is 1.59 bits per heavy atom. The summed E-state index contributed by atoms with van der Waals surface area (Å²) in [5.41, 5.74) is 0.439. The van der Waals surface area contributed by atoms with Crippen molar-refractivity contribution in [1.82, 2.24) is 0 Å². The number of carbonyl (C=O) groups is 1. The average Bonchev–Trinajstić information content (AvgIpc) is 2.30. The molecule has 0 saturated heterocycles. The summed E-state index contributed by atoms with van der Waals surface area (Å²) in [6.45, 7) is 2.78. The Bertz CT molecular complexity index is 398. The van der Waals surface area contributed by atoms with Gasteiger partial charge in [0.2, 0.25) is 0 Å². The monoisotopic (exact) mass is 257 g/mol. The van der Waals surface area contributed by atoms with Gasteiger partial charge in [-0.05, 0) is 30.9 Å². The van der Waals surface area contributed by atoms with Crippen LogP contribution in [0.2, 0.25) is 0 Å². The molecule has 1 aromatic carbocycles. The van der Waals surface area contributed by atoms with Crippen LogP contribution in [0.1, 0.15) is 23.7 Å². The third kappa shape index (κ3) is 4.26. The van der Waals surface area contributed by atoms with Gasteiger partial charge in [0.1, 0.15) is 5.82 Å². The minimum Gasteiger partial charge on any atom is -0.478 e. The van der Waals surface area contributed by atoms with Crippen molar-refractivity contribution in [3.05, 3.63) is 29.6 Å². The number of hydrogen-bond donors (Lipinski definition) is 2. The van der Waals surface area contributed by atoms with Crippen LogP contribution in [0.5, 0.6) is 0 Å². The zero-order valence-corrected chi connectivity index (χ0v) is 10.7. The minimum atomic E-state index is -1.12. The highest BCUT2D eigenvalue weighted by Gasteiger charge is 2.11. The van der Waals surface area contributed by atoms with Crippen molar-refractivity contribution in [3.8, 4) is 0 Å². The number of thioether (sulfide) groups is 1. The van der Waals surface area contributed by atoms with Gasteiger partial charge in [0.15, 0.2) is 0 Å². The number of carboxylic acid groups (broad SMARTS) is 1. The Hall–Kier alpha value is -1.23. The first-order chi connectivity index (χ1) is 8.04. The van der Waals surface area contributed by atoms with Crippen LogP contribution in [0.3, 0.4) is 0 Å². The molecule has 3 nitrogen and oxygen atoms in total. The lowest BCUT2D eigenvalue weighted by molar-refractivity contribution is 0.0697. The summed E-state index contributed by atoms with van der Waals surface area (Å²) in [7, 11) is 0. The van der Waals surface area contributed by atoms with E-state index in [0.29, 0.717) is 17.5 Å². The smallest absolute Gasteiger partial charge is 0.337 e. The number of nitrogens with one attached hydrogen (secondary N) is 1. The third-order valence-electron chi connectivity index (χ3n) is 2.48. The molecule has 0 fully saturated rings. The second kappa shape index (κ2) is 6.49. The highest BCUT2D eigenvalue weighted by molar-refractivity contribution is 7.99. The molecule has 0 bridgehead atoms. The quantitative estimate of drug-likeness (QED) is 0.822. The van der Waals surface area contributed by atoms with Gasteiger partial charge in [-0.15, -0.1) is 0 Å². The molecule has 0 aromatic heterocycles. The normalized spacial score (nSPS) is 12.2. The fourth-order valence-electron chi connectivity index (χ4n) is 1.38. The van der Waals surface area contributed by atoms with Crippen LogP contribution >= 0.6 is 11.8 Å². The number of halogens is 1. The largest absolute Gasteiger partial charge is 0.478 e. The fraction of sp³-hybridized carbons (Fsp3) is 0.417. The van der Waals surface area contributed by atoms with Gasteiger partial charge < -0.3 is 10.4 Å². The van der Waals surface area contributed by atoms with Crippen molar-refractivity contribution in [2.45, 2.75) is 18.6 Å². The topological polar surface area (TPSA) is 49.3 Å². The average molecular weight is 257 g/mol. The highest BCUT2D eigenvalue weighted by atomic mass is 32.2. The van der Waals surface area contributed by atoms with E-state index in [1.807, 2.05) is 6.26 Å². The molecule has 0 aliphatic rings. The van der Waals surface area contributed by atoms with E-state index in [0.717, 1.165) is 12.5 Å². The standard InChI is InChI=1S/C12H16FNO2S/c1-8(17-2)5-6-14-11-4-3-9(13)7-10(11)12(15)16/h3-4,7-8,14H,5-6H2,1-2H3,(H,15,16). The molecule has 1 atom stereocenters. The minimum absolute atomic E-state index is 0.0261. The second-order valence-electron chi connectivity index (χ2n) is 3.76. The van der Waals surface area contributed by atoms with Crippen LogP contribution in [-0.4, -0.2) is 29.1 Å². The van der Waals surface area contributed by atoms with Crippen molar-refractivity contribution in [1.29, 1.82) is 0 Å². The van der Waals surface area contributed by atoms with Gasteiger partial charge in [0, 0.05) is 17.5 Å². The molecule has 1 rings (SSSR count). The number of rotatable bonds is 6. The van der Waals surface area contributed by atoms with Crippen LogP contribution in [0.25, 0.3) is 0 Å². The molecular formula is C12H16FNO2S. The van der Waals surface area contributed by atoms with Crippen molar-refractivity contribution in [2.75, 3.05) is 18.1 Å². The van der Waals surface area contributed by atoms with Crippen molar-refractivity contribution in [3.63, 3.8) is 0 Å². The van der Waals surface area contributed by atoms with Crippen molar-refractivity contribution >= 4 is 23.4 Å². The van der Waals surface area contributed by atoms with Crippen LogP contribution in [0.15, 0.2) is 18.2 Å². The number of carboxylic acids is 1. The molecule has 1 unspecified atom stereocenters. The summed E-state index contributed by atoms with van der Waals surface area (Å²) < 4.78 is 12.9. The summed E-state index contributed by atoms with van der Waals surface area (Å²) >= 11 is 1.76. The maximum Gasteiger partial charge on any atom is 0.337 e. The summed E-state index contributed by atoms with van der Waals surface area (Å²) in [6, 6.07) is 3.75. The Morgan fingerprint density at radius 2 is 2.29 bits per heavy atom. The molecule has 0 aliphatic heterocycles. The molecule has 17 heavy (non-hydrogen) atoms. The Balaban J connectivity index is 2.67. The maximum atomic E-state index is 12.9. The third-order valence-corrected chi connectivity index (χ3v) is 3.52. The SMILES string of the molecule is CSC(C)CCNc1ccc(F)cc1C(=O)O. The lowest BCUT2D eigenvalue weighted by Crippen LogP contribution is -2.11. The van der Waals surface area contributed by atoms with Crippen LogP contribution in [0, 0.1) is 5.82 Å². The molecule has 5 heteroatoms. The highest BCUT2D eigenvalue weighted by Crippen LogP contribution is 2.18. The van der Waals surface area contributed by atoms with Crippen LogP contribution in [0.4, 0.5) is 10.1 Å². The number of aromatic carboxylic acids is 1. The summed E-state index contributed by atoms with van der Waals surface area (Å²) in [4.78, 5) is 10.9. The van der Waals surface area contributed by atoms with Gasteiger partial charge in [0.05, 0.1) is 5.56 Å². The zero-order chi connectivity index (χ0) is 12.8. The lowest BCUT2D eigenvalue weighted by atomic mass is 10.1. The van der Waals surface area contributed by atoms with Crippen molar-refractivity contribution in [2.24, 2.45) is 0 Å². The second-order valence-corrected chi connectivity index (χ2v) is 5.03.